The number of benzene rings is 1. The van der Waals surface area contributed by atoms with Crippen molar-refractivity contribution in [2.75, 3.05) is 26.2 Å². The van der Waals surface area contributed by atoms with Crippen molar-refractivity contribution in [3.05, 3.63) is 29.8 Å². The van der Waals surface area contributed by atoms with E-state index >= 15 is 0 Å². The summed E-state index contributed by atoms with van der Waals surface area (Å²) in [6.45, 7) is 14.1. The number of hydrogen-bond donors (Lipinski definition) is 3. The van der Waals surface area contributed by atoms with Crippen molar-refractivity contribution in [1.29, 1.82) is 0 Å². The van der Waals surface area contributed by atoms with Crippen LogP contribution in [0.5, 0.6) is 5.75 Å². The summed E-state index contributed by atoms with van der Waals surface area (Å²) in [5.74, 6) is 1.84. The summed E-state index contributed by atoms with van der Waals surface area (Å²) >= 11 is 0. The highest BCUT2D eigenvalue weighted by molar-refractivity contribution is 14.0. The van der Waals surface area contributed by atoms with Crippen molar-refractivity contribution in [3.63, 3.8) is 0 Å². The summed E-state index contributed by atoms with van der Waals surface area (Å²) in [5.41, 5.74) is 0.947. The maximum atomic E-state index is 11.9. The summed E-state index contributed by atoms with van der Waals surface area (Å²) in [5, 5.41) is 9.22. The number of nitrogens with zero attached hydrogens (tertiary/aromatic N) is 1. The van der Waals surface area contributed by atoms with Crippen LogP contribution in [0.25, 0.3) is 0 Å². The fourth-order valence-electron chi connectivity index (χ4n) is 2.37. The maximum absolute atomic E-state index is 11.9. The number of amides is 1. The second kappa shape index (κ2) is 12.8. The minimum atomic E-state index is -0.254. The molecule has 0 fully saturated rings. The highest BCUT2D eigenvalue weighted by Crippen LogP contribution is 2.25. The Morgan fingerprint density at radius 3 is 2.44 bits per heavy atom. The Morgan fingerprint density at radius 1 is 1.19 bits per heavy atom. The Balaban J connectivity index is 0.00000676. The number of rotatable bonds is 8. The Bertz CT molecular complexity index is 598. The number of hydrogen-bond acceptors (Lipinski definition) is 3. The van der Waals surface area contributed by atoms with Gasteiger partial charge < -0.3 is 20.7 Å². The van der Waals surface area contributed by atoms with Gasteiger partial charge in [-0.3, -0.25) is 4.79 Å². The van der Waals surface area contributed by atoms with E-state index in [4.69, 9.17) is 4.74 Å². The van der Waals surface area contributed by atoms with Crippen LogP contribution in [0.1, 0.15) is 53.0 Å². The van der Waals surface area contributed by atoms with Gasteiger partial charge in [0.2, 0.25) is 5.91 Å². The van der Waals surface area contributed by atoms with Gasteiger partial charge in [0.05, 0.1) is 6.54 Å². The third-order valence-corrected chi connectivity index (χ3v) is 3.43. The van der Waals surface area contributed by atoms with E-state index < -0.39 is 0 Å². The molecule has 0 radical (unpaired) electrons. The molecule has 0 unspecified atom stereocenters. The molecule has 0 atom stereocenters. The SMILES string of the molecule is CCNC(=NCC(=O)NC(C)(C)C)NCCOc1ccccc1C(C)C.I. The number of halogens is 1. The number of para-hydroxylation sites is 1. The van der Waals surface area contributed by atoms with Crippen LogP contribution < -0.4 is 20.7 Å². The third-order valence-electron chi connectivity index (χ3n) is 3.43. The molecule has 0 bridgehead atoms. The van der Waals surface area contributed by atoms with Crippen LogP contribution in [-0.4, -0.2) is 43.6 Å². The van der Waals surface area contributed by atoms with E-state index in [0.29, 0.717) is 25.0 Å². The summed E-state index contributed by atoms with van der Waals surface area (Å²) in [6, 6.07) is 8.09. The number of carbonyl (C=O) groups is 1. The molecule has 1 amide bonds. The molecule has 1 aromatic rings. The van der Waals surface area contributed by atoms with E-state index in [9.17, 15) is 4.79 Å². The Labute approximate surface area is 181 Å². The second-order valence-electron chi connectivity index (χ2n) is 7.46. The van der Waals surface area contributed by atoms with Gasteiger partial charge in [0, 0.05) is 12.1 Å². The van der Waals surface area contributed by atoms with Gasteiger partial charge in [0.15, 0.2) is 5.96 Å². The lowest BCUT2D eigenvalue weighted by atomic mass is 10.0. The zero-order valence-corrected chi connectivity index (χ0v) is 19.7. The summed E-state index contributed by atoms with van der Waals surface area (Å²) in [7, 11) is 0. The maximum Gasteiger partial charge on any atom is 0.242 e. The number of guanidine groups is 1. The molecule has 1 aromatic carbocycles. The zero-order chi connectivity index (χ0) is 19.6. The van der Waals surface area contributed by atoms with Gasteiger partial charge in [-0.05, 0) is 45.2 Å². The van der Waals surface area contributed by atoms with Gasteiger partial charge in [0.1, 0.15) is 18.9 Å². The molecule has 0 aliphatic carbocycles. The molecule has 0 saturated heterocycles. The van der Waals surface area contributed by atoms with Gasteiger partial charge in [-0.2, -0.15) is 0 Å². The molecule has 3 N–H and O–H groups in total. The van der Waals surface area contributed by atoms with Crippen LogP contribution in [0.2, 0.25) is 0 Å². The topological polar surface area (TPSA) is 74.8 Å². The molecule has 154 valence electrons. The third kappa shape index (κ3) is 11.0. The van der Waals surface area contributed by atoms with Crippen molar-refractivity contribution in [2.45, 2.75) is 53.0 Å². The predicted octanol–water partition coefficient (Wildman–Crippen LogP) is 3.28. The Hall–Kier alpha value is -1.51. The first kappa shape index (κ1) is 25.5. The standard InChI is InChI=1S/C20H34N4O2.HI/c1-7-21-19(23-14-18(25)24-20(4,5)6)22-12-13-26-17-11-9-8-10-16(17)15(2)3;/h8-11,15H,7,12-14H2,1-6H3,(H,24,25)(H2,21,22,23);1H. The first-order chi connectivity index (χ1) is 12.2. The average Bonchev–Trinajstić information content (AvgIpc) is 2.55. The minimum Gasteiger partial charge on any atom is -0.491 e. The smallest absolute Gasteiger partial charge is 0.242 e. The van der Waals surface area contributed by atoms with Crippen LogP contribution in [-0.2, 0) is 4.79 Å². The molecule has 0 saturated carbocycles. The van der Waals surface area contributed by atoms with Crippen molar-refractivity contribution < 1.29 is 9.53 Å². The molecule has 0 aliphatic heterocycles. The monoisotopic (exact) mass is 490 g/mol. The molecular formula is C20H35IN4O2. The molecule has 7 heteroatoms. The predicted molar refractivity (Wildman–Crippen MR) is 123 cm³/mol. The van der Waals surface area contributed by atoms with E-state index in [1.165, 1.54) is 5.56 Å². The fourth-order valence-corrected chi connectivity index (χ4v) is 2.37. The molecule has 1 rings (SSSR count). The van der Waals surface area contributed by atoms with Crippen molar-refractivity contribution >= 4 is 35.8 Å². The summed E-state index contributed by atoms with van der Waals surface area (Å²) in [4.78, 5) is 16.2. The number of carbonyl (C=O) groups excluding carboxylic acids is 1. The molecule has 27 heavy (non-hydrogen) atoms. The summed E-state index contributed by atoms with van der Waals surface area (Å²) in [6.07, 6.45) is 0. The van der Waals surface area contributed by atoms with Crippen LogP contribution in [0.3, 0.4) is 0 Å². The summed E-state index contributed by atoms with van der Waals surface area (Å²) < 4.78 is 5.89. The lowest BCUT2D eigenvalue weighted by molar-refractivity contribution is -0.121. The van der Waals surface area contributed by atoms with Crippen molar-refractivity contribution in [2.24, 2.45) is 4.99 Å². The lowest BCUT2D eigenvalue weighted by Gasteiger charge is -2.20. The molecule has 0 aliphatic rings. The molecular weight excluding hydrogens is 455 g/mol. The number of nitrogens with one attached hydrogen (secondary N) is 3. The highest BCUT2D eigenvalue weighted by atomic mass is 127. The number of aliphatic imine (C=N–C) groups is 1. The molecule has 6 nitrogen and oxygen atoms in total. The highest BCUT2D eigenvalue weighted by Gasteiger charge is 2.13. The average molecular weight is 490 g/mol. The van der Waals surface area contributed by atoms with Crippen molar-refractivity contribution in [3.8, 4) is 5.75 Å². The Morgan fingerprint density at radius 2 is 1.85 bits per heavy atom. The van der Waals surface area contributed by atoms with Gasteiger partial charge in [-0.25, -0.2) is 4.99 Å². The minimum absolute atomic E-state index is 0. The van der Waals surface area contributed by atoms with Crippen molar-refractivity contribution in [1.82, 2.24) is 16.0 Å². The van der Waals surface area contributed by atoms with Crippen LogP contribution in [0.4, 0.5) is 0 Å². The lowest BCUT2D eigenvalue weighted by Crippen LogP contribution is -2.43. The van der Waals surface area contributed by atoms with Gasteiger partial charge in [-0.15, -0.1) is 24.0 Å². The molecule has 0 spiro atoms. The van der Waals surface area contributed by atoms with Gasteiger partial charge in [-0.1, -0.05) is 32.0 Å². The molecule has 0 heterocycles. The largest absolute Gasteiger partial charge is 0.491 e. The Kier molecular flexibility index (Phi) is 12.1. The first-order valence-electron chi connectivity index (χ1n) is 9.28. The quantitative estimate of drug-likeness (QED) is 0.226. The zero-order valence-electron chi connectivity index (χ0n) is 17.4. The fraction of sp³-hybridized carbons (Fsp3) is 0.600. The molecule has 0 aromatic heterocycles. The van der Waals surface area contributed by atoms with E-state index in [0.717, 1.165) is 12.3 Å². The van der Waals surface area contributed by atoms with E-state index in [2.05, 4.69) is 40.9 Å². The van der Waals surface area contributed by atoms with E-state index in [-0.39, 0.29) is 42.0 Å². The van der Waals surface area contributed by atoms with Crippen LogP contribution >= 0.6 is 24.0 Å². The van der Waals surface area contributed by atoms with E-state index in [1.54, 1.807) is 0 Å². The van der Waals surface area contributed by atoms with E-state index in [1.807, 2.05) is 45.9 Å². The normalized spacial score (nSPS) is 11.6. The van der Waals surface area contributed by atoms with Gasteiger partial charge >= 0.3 is 0 Å². The van der Waals surface area contributed by atoms with Gasteiger partial charge in [0.25, 0.3) is 0 Å². The number of ether oxygens (including phenoxy) is 1. The second-order valence-corrected chi connectivity index (χ2v) is 7.46. The van der Waals surface area contributed by atoms with Crippen LogP contribution in [0, 0.1) is 0 Å². The first-order valence-corrected chi connectivity index (χ1v) is 9.28. The van der Waals surface area contributed by atoms with Crippen LogP contribution in [0.15, 0.2) is 29.3 Å².